The number of hydrogen-bond donors (Lipinski definition) is 1. The summed E-state index contributed by atoms with van der Waals surface area (Å²) >= 11 is 0. The zero-order chi connectivity index (χ0) is 47.6. The lowest BCUT2D eigenvalue weighted by Crippen LogP contribution is -2.59. The fourth-order valence-corrected chi connectivity index (χ4v) is 8.07. The molecule has 2 aromatic carbocycles. The maximum atomic E-state index is 13.7. The van der Waals surface area contributed by atoms with Crippen LogP contribution in [-0.2, 0) is 22.6 Å². The van der Waals surface area contributed by atoms with Gasteiger partial charge in [-0.3, -0.25) is 34.4 Å². The molecule has 3 aromatic heterocycles. The minimum Gasteiger partial charge on any atom is -0.497 e. The number of hydrogen-bond acceptors (Lipinski definition) is 15. The third-order valence-electron chi connectivity index (χ3n) is 12.3. The molecule has 19 nitrogen and oxygen atoms in total. The first-order valence-electron chi connectivity index (χ1n) is 22.4. The number of Topliss-reactive ketones (excluding diaryl/α,β-unsaturated/α-hetero) is 1. The Morgan fingerprint density at radius 1 is 0.691 bits per heavy atom. The minimum atomic E-state index is -2.84. The van der Waals surface area contributed by atoms with Crippen LogP contribution in [-0.4, -0.2) is 169 Å². The van der Waals surface area contributed by atoms with Gasteiger partial charge in [0, 0.05) is 93.8 Å². The Balaban J connectivity index is 0.000000185. The summed E-state index contributed by atoms with van der Waals surface area (Å²) in [5.41, 5.74) is 9.00. The van der Waals surface area contributed by atoms with Crippen LogP contribution < -0.4 is 25.0 Å². The van der Waals surface area contributed by atoms with Gasteiger partial charge in [-0.25, -0.2) is 9.59 Å². The Morgan fingerprint density at radius 2 is 1.19 bits per heavy atom. The maximum Gasteiger partial charge on any atom is 0.324 e. The van der Waals surface area contributed by atoms with E-state index in [9.17, 15) is 23.2 Å². The van der Waals surface area contributed by atoms with Gasteiger partial charge in [-0.15, -0.1) is 10.2 Å². The topological polar surface area (TPSA) is 198 Å². The molecule has 4 aliphatic rings. The summed E-state index contributed by atoms with van der Waals surface area (Å²) in [6.07, 6.45) is 0.133. The molecule has 4 aliphatic heterocycles. The number of halogens is 2. The van der Waals surface area contributed by atoms with Gasteiger partial charge in [-0.1, -0.05) is 12.1 Å². The Labute approximate surface area is 392 Å². The van der Waals surface area contributed by atoms with Gasteiger partial charge in [0.2, 0.25) is 5.89 Å². The number of urea groups is 2. The number of methoxy groups -OCH3 is 2. The predicted molar refractivity (Wildman–Crippen MR) is 245 cm³/mol. The minimum absolute atomic E-state index is 0.0418. The summed E-state index contributed by atoms with van der Waals surface area (Å²) in [4.78, 5) is 59.6. The second kappa shape index (κ2) is 22.4. The summed E-state index contributed by atoms with van der Waals surface area (Å²) < 4.78 is 51.8. The van der Waals surface area contributed by atoms with Crippen molar-refractivity contribution >= 4 is 29.2 Å². The van der Waals surface area contributed by atoms with Crippen LogP contribution in [0.3, 0.4) is 0 Å². The Kier molecular flexibility index (Phi) is 15.8. The van der Waals surface area contributed by atoms with Crippen molar-refractivity contribution in [3.63, 3.8) is 0 Å². The third-order valence-corrected chi connectivity index (χ3v) is 12.3. The van der Waals surface area contributed by atoms with E-state index < -0.39 is 12.3 Å². The van der Waals surface area contributed by atoms with Crippen LogP contribution in [0.1, 0.15) is 34.1 Å². The molecule has 0 saturated carbocycles. The Hall–Kier alpha value is -6.65. The third kappa shape index (κ3) is 11.5. The highest BCUT2D eigenvalue weighted by Crippen LogP contribution is 2.28. The number of anilines is 2. The number of pyridine rings is 2. The van der Waals surface area contributed by atoms with Crippen molar-refractivity contribution < 1.29 is 46.5 Å². The molecule has 4 amide bonds. The van der Waals surface area contributed by atoms with Crippen LogP contribution in [0.25, 0.3) is 11.5 Å². The largest absolute Gasteiger partial charge is 0.497 e. The van der Waals surface area contributed by atoms with E-state index in [1.54, 1.807) is 54.4 Å². The SMILES string of the molecule is COc1cccc(N(Cc2ccc(-c3nnc(C(F)F)o3)cn2)C(=O)N2CCN(C3COC3)CC2)c1.COc1cccc(N(Cc2ccc(C(=O)CN)cn2)C(=O)N2CCN(C3COC3)CC2)c1. The van der Waals surface area contributed by atoms with Crippen molar-refractivity contribution in [1.29, 1.82) is 0 Å². The number of alkyl halides is 2. The molecule has 0 bridgehead atoms. The Bertz CT molecular complexity index is 2460. The zero-order valence-corrected chi connectivity index (χ0v) is 38.0. The van der Waals surface area contributed by atoms with Crippen molar-refractivity contribution in [2.24, 2.45) is 5.73 Å². The number of nitrogens with zero attached hydrogens (tertiary/aromatic N) is 10. The lowest BCUT2D eigenvalue weighted by atomic mass is 10.1. The van der Waals surface area contributed by atoms with E-state index >= 15 is 0 Å². The van der Waals surface area contributed by atoms with Crippen molar-refractivity contribution in [2.45, 2.75) is 31.6 Å². The fourth-order valence-electron chi connectivity index (χ4n) is 8.07. The fraction of sp³-hybridized carbons (Fsp3) is 0.426. The van der Waals surface area contributed by atoms with Gasteiger partial charge in [0.25, 0.3) is 5.89 Å². The van der Waals surface area contributed by atoms with Gasteiger partial charge >= 0.3 is 18.5 Å². The van der Waals surface area contributed by atoms with E-state index in [1.165, 1.54) is 12.4 Å². The van der Waals surface area contributed by atoms with Crippen LogP contribution in [0.5, 0.6) is 11.5 Å². The number of aromatic nitrogens is 4. The highest BCUT2D eigenvalue weighted by atomic mass is 19.3. The summed E-state index contributed by atoms with van der Waals surface area (Å²) in [5, 5.41) is 6.99. The molecule has 360 valence electrons. The van der Waals surface area contributed by atoms with Gasteiger partial charge in [0.15, 0.2) is 5.78 Å². The summed E-state index contributed by atoms with van der Waals surface area (Å²) in [5.74, 6) is 0.356. The van der Waals surface area contributed by atoms with Gasteiger partial charge in [0.1, 0.15) is 11.5 Å². The molecule has 68 heavy (non-hydrogen) atoms. The molecule has 9 rings (SSSR count). The number of benzene rings is 2. The number of rotatable bonds is 14. The van der Waals surface area contributed by atoms with E-state index in [2.05, 4.69) is 30.0 Å². The summed E-state index contributed by atoms with van der Waals surface area (Å²) in [6.45, 7) is 9.28. The molecule has 5 aromatic rings. The molecule has 21 heteroatoms. The molecule has 0 spiro atoms. The van der Waals surface area contributed by atoms with Crippen LogP contribution >= 0.6 is 0 Å². The van der Waals surface area contributed by atoms with Crippen molar-refractivity contribution in [2.75, 3.05) is 109 Å². The van der Waals surface area contributed by atoms with E-state index in [-0.39, 0.29) is 43.4 Å². The van der Waals surface area contributed by atoms with Crippen LogP contribution in [0.2, 0.25) is 0 Å². The van der Waals surface area contributed by atoms with Crippen LogP contribution in [0.4, 0.5) is 29.7 Å². The standard InChI is InChI=1S/C24H26F2N6O4.C23H29N5O4/c1-34-20-4-2-3-18(11-20)32(24(33)31-9-7-30(8-10-31)19-14-35-15-19)13-17-6-5-16(12-27-17)22-28-29-23(36-22)21(25)26;1-31-21-4-2-3-19(11-21)28(14-18-6-5-17(13-25-18)22(29)12-24)23(30)27-9-7-26(8-10-27)20-15-32-16-20/h2-6,11-12,19,21H,7-10,13-15H2,1H3;2-6,11,13,20H,7-10,12,14-16,24H2,1H3. The van der Waals surface area contributed by atoms with Gasteiger partial charge in [0.05, 0.1) is 89.3 Å². The highest BCUT2D eigenvalue weighted by Gasteiger charge is 2.34. The lowest BCUT2D eigenvalue weighted by Gasteiger charge is -2.43. The first kappa shape index (κ1) is 47.8. The van der Waals surface area contributed by atoms with Crippen molar-refractivity contribution in [3.05, 3.63) is 108 Å². The molecule has 0 aliphatic carbocycles. The van der Waals surface area contributed by atoms with Gasteiger partial charge in [-0.2, -0.15) is 8.78 Å². The van der Waals surface area contributed by atoms with Crippen LogP contribution in [0.15, 0.2) is 89.6 Å². The number of nitrogens with two attached hydrogens (primary N) is 1. The predicted octanol–water partition coefficient (Wildman–Crippen LogP) is 4.60. The van der Waals surface area contributed by atoms with E-state index in [0.717, 1.165) is 58.3 Å². The molecule has 7 heterocycles. The normalized spacial score (nSPS) is 16.9. The smallest absolute Gasteiger partial charge is 0.324 e. The first-order chi connectivity index (χ1) is 33.1. The molecular weight excluding hydrogens is 885 g/mol. The molecule has 2 N–H and O–H groups in total. The number of piperazine rings is 2. The molecular formula is C47H55F2N11O8. The number of carbonyl (C=O) groups is 3. The van der Waals surface area contributed by atoms with Crippen molar-refractivity contribution in [3.8, 4) is 23.0 Å². The second-order valence-corrected chi connectivity index (χ2v) is 16.5. The number of ketones is 1. The maximum absolute atomic E-state index is 13.7. The molecule has 0 radical (unpaired) electrons. The number of carbonyl (C=O) groups excluding carboxylic acids is 3. The monoisotopic (exact) mass is 939 g/mol. The van der Waals surface area contributed by atoms with E-state index in [4.69, 9.17) is 29.1 Å². The van der Waals surface area contributed by atoms with Crippen LogP contribution in [0, 0.1) is 0 Å². The average molecular weight is 940 g/mol. The second-order valence-electron chi connectivity index (χ2n) is 16.5. The van der Waals surface area contributed by atoms with E-state index in [0.29, 0.717) is 78.0 Å². The lowest BCUT2D eigenvalue weighted by molar-refractivity contribution is -0.0738. The van der Waals surface area contributed by atoms with Crippen molar-refractivity contribution in [1.82, 2.24) is 39.8 Å². The summed E-state index contributed by atoms with van der Waals surface area (Å²) in [6, 6.07) is 22.3. The molecule has 4 fully saturated rings. The zero-order valence-electron chi connectivity index (χ0n) is 38.0. The molecule has 0 unspecified atom stereocenters. The first-order valence-corrected chi connectivity index (χ1v) is 22.4. The highest BCUT2D eigenvalue weighted by molar-refractivity contribution is 5.97. The van der Waals surface area contributed by atoms with E-state index in [1.807, 2.05) is 52.3 Å². The summed E-state index contributed by atoms with van der Waals surface area (Å²) in [7, 11) is 3.18. The quantitative estimate of drug-likeness (QED) is 0.152. The molecule has 4 saturated heterocycles. The average Bonchev–Trinajstić information content (AvgIpc) is 3.86. The number of amides is 4. The Morgan fingerprint density at radius 3 is 1.57 bits per heavy atom. The van der Waals surface area contributed by atoms with Gasteiger partial charge in [-0.05, 0) is 48.5 Å². The van der Waals surface area contributed by atoms with Gasteiger partial charge < -0.3 is 38.9 Å². The molecule has 0 atom stereocenters. The number of ether oxygens (including phenoxy) is 4.